The first kappa shape index (κ1) is 24.8. The number of hydrogen-bond donors (Lipinski definition) is 0. The highest BCUT2D eigenvalue weighted by Crippen LogP contribution is 2.41. The van der Waals surface area contributed by atoms with Gasteiger partial charge in [0, 0.05) is 21.7 Å². The lowest BCUT2D eigenvalue weighted by molar-refractivity contribution is -0.113. The number of ether oxygens (including phenoxy) is 4. The number of hydrogen-bond acceptors (Lipinski definition) is 7. The maximum atomic E-state index is 13.2. The van der Waals surface area contributed by atoms with Gasteiger partial charge in [-0.2, -0.15) is 0 Å². The Hall–Kier alpha value is -2.91. The lowest BCUT2D eigenvalue weighted by atomic mass is 10.1. The van der Waals surface area contributed by atoms with Crippen molar-refractivity contribution in [2.45, 2.75) is 13.5 Å². The molecule has 0 atom stereocenters. The SMILES string of the molecule is CCOc1cc(/C=C2/SC(=S)N(c3ccc4c(c3)OCO4)C2=O)ccc1OCc1ccc(Cl)cc1Cl. The number of rotatable bonds is 7. The van der Waals surface area contributed by atoms with Gasteiger partial charge in [-0.15, -0.1) is 0 Å². The van der Waals surface area contributed by atoms with Gasteiger partial charge < -0.3 is 18.9 Å². The monoisotopic (exact) mass is 559 g/mol. The van der Waals surface area contributed by atoms with Gasteiger partial charge in [-0.25, -0.2) is 0 Å². The van der Waals surface area contributed by atoms with Gasteiger partial charge in [0.2, 0.25) is 6.79 Å². The molecule has 0 unspecified atom stereocenters. The molecule has 0 saturated carbocycles. The predicted octanol–water partition coefficient (Wildman–Crippen LogP) is 7.11. The number of fused-ring (bicyclic) bond motifs is 1. The summed E-state index contributed by atoms with van der Waals surface area (Å²) in [7, 11) is 0. The van der Waals surface area contributed by atoms with E-state index in [9.17, 15) is 4.79 Å². The largest absolute Gasteiger partial charge is 0.490 e. The molecular weight excluding hydrogens is 541 g/mol. The fraction of sp³-hybridized carbons (Fsp3) is 0.154. The van der Waals surface area contributed by atoms with E-state index >= 15 is 0 Å². The Kier molecular flexibility index (Phi) is 7.29. The summed E-state index contributed by atoms with van der Waals surface area (Å²) < 4.78 is 23.0. The Morgan fingerprint density at radius 3 is 2.67 bits per heavy atom. The van der Waals surface area contributed by atoms with E-state index in [2.05, 4.69) is 0 Å². The number of halogens is 2. The van der Waals surface area contributed by atoms with E-state index in [0.717, 1.165) is 11.1 Å². The Labute approximate surface area is 227 Å². The van der Waals surface area contributed by atoms with E-state index in [-0.39, 0.29) is 19.3 Å². The molecule has 6 nitrogen and oxygen atoms in total. The van der Waals surface area contributed by atoms with Gasteiger partial charge in [-0.3, -0.25) is 9.69 Å². The third-order valence-electron chi connectivity index (χ3n) is 5.37. The van der Waals surface area contributed by atoms with Crippen molar-refractivity contribution in [3.05, 3.63) is 80.7 Å². The van der Waals surface area contributed by atoms with Crippen LogP contribution in [0.1, 0.15) is 18.1 Å². The van der Waals surface area contributed by atoms with Crippen LogP contribution in [0.15, 0.2) is 59.5 Å². The number of anilines is 1. The van der Waals surface area contributed by atoms with Crippen molar-refractivity contribution in [1.82, 2.24) is 0 Å². The quantitative estimate of drug-likeness (QED) is 0.226. The Morgan fingerprint density at radius 1 is 1.03 bits per heavy atom. The lowest BCUT2D eigenvalue weighted by Gasteiger charge is -2.15. The molecule has 5 rings (SSSR count). The standard InChI is InChI=1S/C26H19Cl2NO5S2/c1-2-31-22-9-15(3-7-20(22)32-13-16-4-5-17(27)11-19(16)28)10-24-25(30)29(26(35)36-24)18-6-8-21-23(12-18)34-14-33-21/h3-12H,2,13-14H2,1H3/b24-10+. The van der Waals surface area contributed by atoms with Crippen molar-refractivity contribution >= 4 is 69.2 Å². The second kappa shape index (κ2) is 10.6. The van der Waals surface area contributed by atoms with Crippen LogP contribution in [-0.4, -0.2) is 23.6 Å². The summed E-state index contributed by atoms with van der Waals surface area (Å²) in [5.74, 6) is 2.14. The maximum absolute atomic E-state index is 13.2. The van der Waals surface area contributed by atoms with Crippen molar-refractivity contribution < 1.29 is 23.7 Å². The zero-order valence-electron chi connectivity index (χ0n) is 19.0. The number of amides is 1. The molecule has 0 radical (unpaired) electrons. The van der Waals surface area contributed by atoms with E-state index in [4.69, 9.17) is 54.4 Å². The number of carbonyl (C=O) groups excluding carboxylic acids is 1. The van der Waals surface area contributed by atoms with Crippen LogP contribution in [-0.2, 0) is 11.4 Å². The van der Waals surface area contributed by atoms with Gasteiger partial charge in [0.15, 0.2) is 27.3 Å². The molecule has 0 aliphatic carbocycles. The summed E-state index contributed by atoms with van der Waals surface area (Å²) in [6.45, 7) is 2.76. The topological polar surface area (TPSA) is 57.2 Å². The van der Waals surface area contributed by atoms with Crippen LogP contribution < -0.4 is 23.8 Å². The van der Waals surface area contributed by atoms with Gasteiger partial charge in [-0.1, -0.05) is 59.3 Å². The zero-order valence-corrected chi connectivity index (χ0v) is 22.1. The van der Waals surface area contributed by atoms with E-state index < -0.39 is 0 Å². The fourth-order valence-electron chi connectivity index (χ4n) is 3.66. The third-order valence-corrected chi connectivity index (χ3v) is 7.26. The fourth-order valence-corrected chi connectivity index (χ4v) is 5.42. The second-order valence-corrected chi connectivity index (χ2v) is 10.2. The average Bonchev–Trinajstić information content (AvgIpc) is 3.43. The minimum Gasteiger partial charge on any atom is -0.490 e. The average molecular weight is 560 g/mol. The molecule has 3 aromatic carbocycles. The van der Waals surface area contributed by atoms with Crippen molar-refractivity contribution in [3.8, 4) is 23.0 Å². The first-order chi connectivity index (χ1) is 17.4. The molecule has 0 N–H and O–H groups in total. The number of thioether (sulfide) groups is 1. The van der Waals surface area contributed by atoms with Crippen molar-refractivity contribution in [3.63, 3.8) is 0 Å². The lowest BCUT2D eigenvalue weighted by Crippen LogP contribution is -2.27. The van der Waals surface area contributed by atoms with Crippen molar-refractivity contribution in [1.29, 1.82) is 0 Å². The van der Waals surface area contributed by atoms with Gasteiger partial charge in [-0.05, 0) is 55.0 Å². The highest BCUT2D eigenvalue weighted by Gasteiger charge is 2.34. The maximum Gasteiger partial charge on any atom is 0.270 e. The van der Waals surface area contributed by atoms with E-state index in [1.165, 1.54) is 16.7 Å². The number of nitrogens with zero attached hydrogens (tertiary/aromatic N) is 1. The summed E-state index contributed by atoms with van der Waals surface area (Å²) in [6, 6.07) is 16.1. The van der Waals surface area contributed by atoms with Gasteiger partial charge in [0.1, 0.15) is 6.61 Å². The predicted molar refractivity (Wildman–Crippen MR) is 147 cm³/mol. The zero-order chi connectivity index (χ0) is 25.2. The Bertz CT molecular complexity index is 1390. The minimum atomic E-state index is -0.209. The summed E-state index contributed by atoms with van der Waals surface area (Å²) in [6.07, 6.45) is 1.79. The van der Waals surface area contributed by atoms with E-state index in [0.29, 0.717) is 54.6 Å². The summed E-state index contributed by atoms with van der Waals surface area (Å²) in [5.41, 5.74) is 2.21. The van der Waals surface area contributed by atoms with Gasteiger partial charge in [0.25, 0.3) is 5.91 Å². The summed E-state index contributed by atoms with van der Waals surface area (Å²) in [4.78, 5) is 15.2. The molecule has 36 heavy (non-hydrogen) atoms. The molecule has 0 bridgehead atoms. The molecule has 1 amide bonds. The molecule has 3 aromatic rings. The number of benzene rings is 3. The van der Waals surface area contributed by atoms with Gasteiger partial charge in [0.05, 0.1) is 17.2 Å². The minimum absolute atomic E-state index is 0.158. The van der Waals surface area contributed by atoms with Crippen LogP contribution >= 0.6 is 47.2 Å². The molecule has 2 heterocycles. The first-order valence-corrected chi connectivity index (χ1v) is 12.9. The Balaban J connectivity index is 1.36. The molecular formula is C26H19Cl2NO5S2. The van der Waals surface area contributed by atoms with Crippen molar-refractivity contribution in [2.75, 3.05) is 18.3 Å². The van der Waals surface area contributed by atoms with Gasteiger partial charge >= 0.3 is 0 Å². The third kappa shape index (κ3) is 5.13. The van der Waals surface area contributed by atoms with Crippen LogP contribution in [0.4, 0.5) is 5.69 Å². The van der Waals surface area contributed by atoms with Crippen LogP contribution in [0.5, 0.6) is 23.0 Å². The Morgan fingerprint density at radius 2 is 1.86 bits per heavy atom. The van der Waals surface area contributed by atoms with Crippen LogP contribution in [0.2, 0.25) is 10.0 Å². The highest BCUT2D eigenvalue weighted by atomic mass is 35.5. The highest BCUT2D eigenvalue weighted by molar-refractivity contribution is 8.27. The molecule has 0 aromatic heterocycles. The molecule has 2 aliphatic heterocycles. The van der Waals surface area contributed by atoms with E-state index in [1.54, 1.807) is 42.5 Å². The van der Waals surface area contributed by atoms with Crippen LogP contribution in [0, 0.1) is 0 Å². The number of carbonyl (C=O) groups is 1. The smallest absolute Gasteiger partial charge is 0.270 e. The normalized spacial score (nSPS) is 15.6. The van der Waals surface area contributed by atoms with Crippen LogP contribution in [0.3, 0.4) is 0 Å². The van der Waals surface area contributed by atoms with E-state index in [1.807, 2.05) is 25.1 Å². The van der Waals surface area contributed by atoms with Crippen molar-refractivity contribution in [2.24, 2.45) is 0 Å². The summed E-state index contributed by atoms with van der Waals surface area (Å²) in [5, 5.41) is 1.09. The second-order valence-electron chi connectivity index (χ2n) is 7.72. The summed E-state index contributed by atoms with van der Waals surface area (Å²) >= 11 is 19.0. The number of thiocarbonyl (C=S) groups is 1. The molecule has 0 spiro atoms. The van der Waals surface area contributed by atoms with Crippen LogP contribution in [0.25, 0.3) is 6.08 Å². The molecule has 184 valence electrons. The first-order valence-electron chi connectivity index (χ1n) is 10.9. The molecule has 1 saturated heterocycles. The molecule has 2 aliphatic rings. The molecule has 10 heteroatoms. The molecule has 1 fully saturated rings.